The molecule has 2 aromatic rings. The highest BCUT2D eigenvalue weighted by Gasteiger charge is 2.26. The van der Waals surface area contributed by atoms with Crippen LogP contribution in [-0.4, -0.2) is 34.8 Å². The Morgan fingerprint density at radius 3 is 2.81 bits per heavy atom. The third-order valence-corrected chi connectivity index (χ3v) is 5.57. The van der Waals surface area contributed by atoms with Crippen molar-refractivity contribution >= 4 is 23.0 Å². The van der Waals surface area contributed by atoms with Crippen LogP contribution in [0.2, 0.25) is 0 Å². The molecule has 0 spiro atoms. The molecule has 1 aliphatic carbocycles. The normalized spacial score (nSPS) is 14.7. The Labute approximate surface area is 156 Å². The van der Waals surface area contributed by atoms with Crippen molar-refractivity contribution in [2.45, 2.75) is 25.7 Å². The molecule has 0 unspecified atom stereocenters. The smallest absolute Gasteiger partial charge is 0.255 e. The lowest BCUT2D eigenvalue weighted by atomic mass is 9.94. The van der Waals surface area contributed by atoms with Gasteiger partial charge in [0.2, 0.25) is 0 Å². The molecule has 26 heavy (non-hydrogen) atoms. The van der Waals surface area contributed by atoms with Crippen molar-refractivity contribution in [3.63, 3.8) is 0 Å². The second-order valence-corrected chi connectivity index (χ2v) is 7.04. The van der Waals surface area contributed by atoms with Gasteiger partial charge in [-0.2, -0.15) is 0 Å². The van der Waals surface area contributed by atoms with Gasteiger partial charge >= 0.3 is 0 Å². The van der Waals surface area contributed by atoms with Gasteiger partial charge < -0.3 is 10.1 Å². The predicted octanol–water partition coefficient (Wildman–Crippen LogP) is 3.72. The zero-order valence-corrected chi connectivity index (χ0v) is 15.1. The molecule has 0 bridgehead atoms. The van der Waals surface area contributed by atoms with Crippen molar-refractivity contribution in [2.75, 3.05) is 13.1 Å². The Bertz CT molecular complexity index is 865. The monoisotopic (exact) mass is 370 g/mol. The first-order valence-electron chi connectivity index (χ1n) is 8.43. The summed E-state index contributed by atoms with van der Waals surface area (Å²) in [7, 11) is 0. The van der Waals surface area contributed by atoms with E-state index in [-0.39, 0.29) is 18.3 Å². The van der Waals surface area contributed by atoms with Gasteiger partial charge in [0.1, 0.15) is 5.82 Å². The Hall–Kier alpha value is -2.65. The fraction of sp³-hybridized carbons (Fsp3) is 0.300. The molecule has 0 saturated heterocycles. The average molecular weight is 370 g/mol. The van der Waals surface area contributed by atoms with E-state index in [9.17, 15) is 9.18 Å². The quantitative estimate of drug-likeness (QED) is 0.495. The second-order valence-electron chi connectivity index (χ2n) is 6.16. The summed E-state index contributed by atoms with van der Waals surface area (Å²) in [5.74, 6) is 2.15. The number of benzene rings is 1. The standard InChI is InChI=1S/C20H19FN2O2S/c1-2-11-23(12-10-14-6-8-15(21)9-7-14)20(24)17-13-26-19-16(17)4-3-5-18(19)22-25/h1,6-9,13,25H,3-5,10-12H2/b22-18-. The molecule has 1 amide bonds. The van der Waals surface area contributed by atoms with Crippen LogP contribution in [0.25, 0.3) is 0 Å². The van der Waals surface area contributed by atoms with Crippen LogP contribution in [-0.2, 0) is 12.8 Å². The highest BCUT2D eigenvalue weighted by atomic mass is 32.1. The number of nitrogens with zero attached hydrogens (tertiary/aromatic N) is 2. The van der Waals surface area contributed by atoms with E-state index in [4.69, 9.17) is 11.6 Å². The third kappa shape index (κ3) is 3.78. The number of rotatable bonds is 5. The molecular formula is C20H19FN2O2S. The number of terminal acetylenes is 1. The molecule has 1 aromatic carbocycles. The molecule has 1 aliphatic rings. The van der Waals surface area contributed by atoms with Gasteiger partial charge in [-0.1, -0.05) is 23.2 Å². The topological polar surface area (TPSA) is 52.9 Å². The summed E-state index contributed by atoms with van der Waals surface area (Å²) in [4.78, 5) is 15.5. The van der Waals surface area contributed by atoms with E-state index in [1.54, 1.807) is 17.0 Å². The maximum atomic E-state index is 13.0. The third-order valence-electron chi connectivity index (χ3n) is 4.50. The molecule has 1 aromatic heterocycles. The van der Waals surface area contributed by atoms with E-state index in [2.05, 4.69) is 11.1 Å². The van der Waals surface area contributed by atoms with Gasteiger partial charge in [0.05, 0.1) is 22.7 Å². The lowest BCUT2D eigenvalue weighted by molar-refractivity contribution is 0.0778. The number of halogens is 1. The Morgan fingerprint density at radius 1 is 1.35 bits per heavy atom. The largest absolute Gasteiger partial charge is 0.411 e. The first-order valence-corrected chi connectivity index (χ1v) is 9.31. The Morgan fingerprint density at radius 2 is 2.12 bits per heavy atom. The van der Waals surface area contributed by atoms with E-state index in [0.29, 0.717) is 24.2 Å². The van der Waals surface area contributed by atoms with Crippen LogP contribution in [0, 0.1) is 18.2 Å². The van der Waals surface area contributed by atoms with Crippen molar-refractivity contribution in [2.24, 2.45) is 5.16 Å². The van der Waals surface area contributed by atoms with Gasteiger partial charge in [-0.05, 0) is 48.9 Å². The fourth-order valence-electron chi connectivity index (χ4n) is 3.14. The number of hydrogen-bond acceptors (Lipinski definition) is 4. The van der Waals surface area contributed by atoms with Crippen LogP contribution in [0.3, 0.4) is 0 Å². The summed E-state index contributed by atoms with van der Waals surface area (Å²) in [5.41, 5.74) is 3.18. The summed E-state index contributed by atoms with van der Waals surface area (Å²) in [6.07, 6.45) is 8.41. The van der Waals surface area contributed by atoms with E-state index in [1.165, 1.54) is 23.5 Å². The highest BCUT2D eigenvalue weighted by Crippen LogP contribution is 2.31. The predicted molar refractivity (Wildman–Crippen MR) is 100 cm³/mol. The van der Waals surface area contributed by atoms with Crippen molar-refractivity contribution in [3.8, 4) is 12.3 Å². The van der Waals surface area contributed by atoms with E-state index < -0.39 is 0 Å². The van der Waals surface area contributed by atoms with Crippen LogP contribution in [0.1, 0.15) is 39.2 Å². The minimum Gasteiger partial charge on any atom is -0.411 e. The van der Waals surface area contributed by atoms with Crippen LogP contribution < -0.4 is 0 Å². The van der Waals surface area contributed by atoms with Gasteiger partial charge in [-0.25, -0.2) is 4.39 Å². The molecule has 0 saturated carbocycles. The molecular weight excluding hydrogens is 351 g/mol. The molecule has 1 N–H and O–H groups in total. The fourth-order valence-corrected chi connectivity index (χ4v) is 4.25. The van der Waals surface area contributed by atoms with Crippen molar-refractivity contribution in [3.05, 3.63) is 57.0 Å². The maximum absolute atomic E-state index is 13.0. The van der Waals surface area contributed by atoms with Gasteiger partial charge in [0.15, 0.2) is 0 Å². The minimum atomic E-state index is -0.281. The van der Waals surface area contributed by atoms with E-state index >= 15 is 0 Å². The summed E-state index contributed by atoms with van der Waals surface area (Å²) in [5, 5.41) is 14.3. The van der Waals surface area contributed by atoms with Crippen molar-refractivity contribution < 1.29 is 14.4 Å². The molecule has 134 valence electrons. The number of amides is 1. The van der Waals surface area contributed by atoms with Crippen molar-refractivity contribution in [1.29, 1.82) is 0 Å². The van der Waals surface area contributed by atoms with E-state index in [1.807, 2.05) is 5.38 Å². The Balaban J connectivity index is 1.78. The van der Waals surface area contributed by atoms with E-state index in [0.717, 1.165) is 35.3 Å². The molecule has 6 heteroatoms. The first kappa shape index (κ1) is 18.2. The molecule has 0 aliphatic heterocycles. The molecule has 0 fully saturated rings. The Kier molecular flexibility index (Phi) is 5.69. The van der Waals surface area contributed by atoms with Crippen LogP contribution in [0.15, 0.2) is 34.8 Å². The average Bonchev–Trinajstić information content (AvgIpc) is 3.10. The SMILES string of the molecule is C#CCN(CCc1ccc(F)cc1)C(=O)c1csc2c1CCC/C2=N/O. The van der Waals surface area contributed by atoms with Crippen LogP contribution in [0.4, 0.5) is 4.39 Å². The van der Waals surface area contributed by atoms with Gasteiger partial charge in [-0.3, -0.25) is 4.79 Å². The lowest BCUT2D eigenvalue weighted by Gasteiger charge is -2.22. The summed E-state index contributed by atoms with van der Waals surface area (Å²) in [6.45, 7) is 0.672. The number of fused-ring (bicyclic) bond motifs is 1. The van der Waals surface area contributed by atoms with Crippen LogP contribution in [0.5, 0.6) is 0 Å². The van der Waals surface area contributed by atoms with Gasteiger partial charge in [0.25, 0.3) is 5.91 Å². The summed E-state index contributed by atoms with van der Waals surface area (Å²) in [6, 6.07) is 6.25. The molecule has 0 radical (unpaired) electrons. The van der Waals surface area contributed by atoms with Gasteiger partial charge in [0, 0.05) is 11.9 Å². The highest BCUT2D eigenvalue weighted by molar-refractivity contribution is 7.12. The number of carbonyl (C=O) groups is 1. The summed E-state index contributed by atoms with van der Waals surface area (Å²) >= 11 is 1.43. The molecule has 3 rings (SSSR count). The molecule has 1 heterocycles. The number of oxime groups is 1. The molecule has 0 atom stereocenters. The molecule has 4 nitrogen and oxygen atoms in total. The van der Waals surface area contributed by atoms with Crippen LogP contribution >= 0.6 is 11.3 Å². The zero-order valence-electron chi connectivity index (χ0n) is 14.2. The minimum absolute atomic E-state index is 0.109. The first-order chi connectivity index (χ1) is 12.6. The maximum Gasteiger partial charge on any atom is 0.255 e. The number of thiophene rings is 1. The van der Waals surface area contributed by atoms with Gasteiger partial charge in [-0.15, -0.1) is 17.8 Å². The number of carbonyl (C=O) groups excluding carboxylic acids is 1. The second kappa shape index (κ2) is 8.15. The lowest BCUT2D eigenvalue weighted by Crippen LogP contribution is -2.34. The number of hydrogen-bond donors (Lipinski definition) is 1. The van der Waals surface area contributed by atoms with Crippen molar-refractivity contribution in [1.82, 2.24) is 4.90 Å². The summed E-state index contributed by atoms with van der Waals surface area (Å²) < 4.78 is 13.0. The zero-order chi connectivity index (χ0) is 18.5.